The lowest BCUT2D eigenvalue weighted by molar-refractivity contribution is -0.121. The first-order chi connectivity index (χ1) is 8.85. The van der Waals surface area contributed by atoms with Crippen LogP contribution in [0.1, 0.15) is 19.3 Å². The Morgan fingerprint density at radius 3 is 2.74 bits per heavy atom. The first-order valence-electron chi connectivity index (χ1n) is 6.27. The van der Waals surface area contributed by atoms with Crippen LogP contribution >= 0.6 is 0 Å². The minimum Gasteiger partial charge on any atom is -0.442 e. The Kier molecular flexibility index (Phi) is 3.98. The van der Waals surface area contributed by atoms with Gasteiger partial charge in [0.1, 0.15) is 15.9 Å². The molecule has 0 spiro atoms. The fourth-order valence-electron chi connectivity index (χ4n) is 1.93. The van der Waals surface area contributed by atoms with Gasteiger partial charge in [-0.25, -0.2) is 13.2 Å². The third kappa shape index (κ3) is 4.38. The molecule has 1 aliphatic heterocycles. The first kappa shape index (κ1) is 14.1. The molecule has 1 saturated carbocycles. The molecule has 0 bridgehead atoms. The summed E-state index contributed by atoms with van der Waals surface area (Å²) in [6, 6.07) is 0.304. The Hall–Kier alpha value is -1.31. The Morgan fingerprint density at radius 1 is 1.47 bits per heavy atom. The zero-order valence-electron chi connectivity index (χ0n) is 10.8. The van der Waals surface area contributed by atoms with Crippen molar-refractivity contribution >= 4 is 21.8 Å². The molecule has 0 aromatic rings. The average molecular weight is 290 g/mol. The van der Waals surface area contributed by atoms with E-state index in [-0.39, 0.29) is 36.8 Å². The summed E-state index contributed by atoms with van der Waals surface area (Å²) in [5, 5.41) is 2.59. The predicted molar refractivity (Wildman–Crippen MR) is 67.3 cm³/mol. The molecule has 1 N–H and O–H groups in total. The highest BCUT2D eigenvalue weighted by Crippen LogP contribution is 2.30. The van der Waals surface area contributed by atoms with Gasteiger partial charge in [0.2, 0.25) is 5.91 Å². The fraction of sp³-hybridized carbons (Fsp3) is 0.818. The molecule has 19 heavy (non-hydrogen) atoms. The van der Waals surface area contributed by atoms with Crippen molar-refractivity contribution in [3.8, 4) is 0 Å². The van der Waals surface area contributed by atoms with E-state index in [9.17, 15) is 18.0 Å². The van der Waals surface area contributed by atoms with Crippen molar-refractivity contribution in [2.75, 3.05) is 25.1 Å². The number of ether oxygens (including phenoxy) is 1. The molecule has 1 heterocycles. The normalized spacial score (nSPS) is 23.3. The quantitative estimate of drug-likeness (QED) is 0.713. The summed E-state index contributed by atoms with van der Waals surface area (Å²) in [5.74, 6) is -0.511. The van der Waals surface area contributed by atoms with E-state index in [0.717, 1.165) is 19.1 Å². The van der Waals surface area contributed by atoms with Gasteiger partial charge >= 0.3 is 6.09 Å². The Morgan fingerprint density at radius 2 is 2.16 bits per heavy atom. The first-order valence-corrected chi connectivity index (χ1v) is 8.33. The van der Waals surface area contributed by atoms with Crippen molar-refractivity contribution in [3.05, 3.63) is 0 Å². The van der Waals surface area contributed by atoms with E-state index in [0.29, 0.717) is 12.6 Å². The number of cyclic esters (lactones) is 1. The summed E-state index contributed by atoms with van der Waals surface area (Å²) < 4.78 is 26.9. The zero-order chi connectivity index (χ0) is 14.0. The maximum Gasteiger partial charge on any atom is 0.410 e. The SMILES string of the molecule is CS(=O)(=O)CCC(=O)NCC1CN(C2CC2)C(=O)O1. The number of sulfone groups is 1. The Bertz CT molecular complexity index is 471. The van der Waals surface area contributed by atoms with Crippen molar-refractivity contribution in [1.82, 2.24) is 10.2 Å². The number of rotatable bonds is 6. The number of carbonyl (C=O) groups excluding carboxylic acids is 2. The third-order valence-electron chi connectivity index (χ3n) is 3.12. The topological polar surface area (TPSA) is 92.8 Å². The van der Waals surface area contributed by atoms with Gasteiger partial charge in [0, 0.05) is 18.7 Å². The van der Waals surface area contributed by atoms with Crippen LogP contribution in [-0.4, -0.2) is 62.6 Å². The molecule has 0 radical (unpaired) electrons. The second kappa shape index (κ2) is 5.36. The van der Waals surface area contributed by atoms with Gasteiger partial charge in [-0.2, -0.15) is 0 Å². The molecule has 0 aromatic heterocycles. The molecule has 2 rings (SSSR count). The molecule has 1 saturated heterocycles. The van der Waals surface area contributed by atoms with Crippen LogP contribution in [0.4, 0.5) is 4.79 Å². The second-order valence-corrected chi connectivity index (χ2v) is 7.33. The van der Waals surface area contributed by atoms with E-state index in [2.05, 4.69) is 5.32 Å². The summed E-state index contributed by atoms with van der Waals surface area (Å²) in [6.45, 7) is 0.730. The maximum absolute atomic E-state index is 11.5. The number of carbonyl (C=O) groups is 2. The van der Waals surface area contributed by atoms with E-state index < -0.39 is 9.84 Å². The predicted octanol–water partition coefficient (Wildman–Crippen LogP) is -0.479. The van der Waals surface area contributed by atoms with Crippen molar-refractivity contribution in [2.45, 2.75) is 31.4 Å². The van der Waals surface area contributed by atoms with Crippen LogP contribution in [0.2, 0.25) is 0 Å². The molecule has 1 aliphatic carbocycles. The van der Waals surface area contributed by atoms with Gasteiger partial charge in [-0.1, -0.05) is 0 Å². The lowest BCUT2D eigenvalue weighted by Crippen LogP contribution is -2.35. The number of hydrogen-bond acceptors (Lipinski definition) is 5. The van der Waals surface area contributed by atoms with Gasteiger partial charge in [-0.3, -0.25) is 4.79 Å². The molecule has 2 amide bonds. The molecule has 7 nitrogen and oxygen atoms in total. The highest BCUT2D eigenvalue weighted by Gasteiger charge is 2.40. The number of nitrogens with one attached hydrogen (secondary N) is 1. The smallest absolute Gasteiger partial charge is 0.410 e. The maximum atomic E-state index is 11.5. The largest absolute Gasteiger partial charge is 0.442 e. The van der Waals surface area contributed by atoms with Gasteiger partial charge in [0.05, 0.1) is 18.8 Å². The van der Waals surface area contributed by atoms with Gasteiger partial charge < -0.3 is 15.0 Å². The van der Waals surface area contributed by atoms with Crippen LogP contribution in [0.3, 0.4) is 0 Å². The number of amides is 2. The lowest BCUT2D eigenvalue weighted by atomic mass is 10.3. The molecule has 2 fully saturated rings. The highest BCUT2D eigenvalue weighted by molar-refractivity contribution is 7.90. The van der Waals surface area contributed by atoms with Crippen molar-refractivity contribution in [2.24, 2.45) is 0 Å². The van der Waals surface area contributed by atoms with Crippen molar-refractivity contribution in [1.29, 1.82) is 0 Å². The van der Waals surface area contributed by atoms with Crippen LogP contribution in [-0.2, 0) is 19.4 Å². The highest BCUT2D eigenvalue weighted by atomic mass is 32.2. The van der Waals surface area contributed by atoms with Gasteiger partial charge in [-0.05, 0) is 12.8 Å². The summed E-state index contributed by atoms with van der Waals surface area (Å²) in [7, 11) is -3.13. The molecule has 0 aromatic carbocycles. The number of nitrogens with zero attached hydrogens (tertiary/aromatic N) is 1. The van der Waals surface area contributed by atoms with Crippen LogP contribution in [0.15, 0.2) is 0 Å². The van der Waals surface area contributed by atoms with Gasteiger partial charge in [0.15, 0.2) is 0 Å². The fourth-order valence-corrected chi connectivity index (χ4v) is 2.48. The van der Waals surface area contributed by atoms with E-state index in [4.69, 9.17) is 4.74 Å². The molecule has 2 aliphatic rings. The zero-order valence-corrected chi connectivity index (χ0v) is 11.6. The molecular formula is C11H18N2O5S. The van der Waals surface area contributed by atoms with Crippen LogP contribution in [0.25, 0.3) is 0 Å². The van der Waals surface area contributed by atoms with E-state index in [1.807, 2.05) is 0 Å². The minimum atomic E-state index is -3.13. The summed E-state index contributed by atoms with van der Waals surface area (Å²) in [6.07, 6.45) is 2.40. The van der Waals surface area contributed by atoms with Crippen LogP contribution in [0, 0.1) is 0 Å². The van der Waals surface area contributed by atoms with Gasteiger partial charge in [0.25, 0.3) is 0 Å². The minimum absolute atomic E-state index is 0.0637. The molecular weight excluding hydrogens is 272 g/mol. The Labute approximate surface area is 112 Å². The molecule has 8 heteroatoms. The second-order valence-electron chi connectivity index (χ2n) is 5.07. The van der Waals surface area contributed by atoms with Crippen LogP contribution < -0.4 is 5.32 Å². The molecule has 1 atom stereocenters. The standard InChI is InChI=1S/C11H18N2O5S/c1-19(16,17)5-4-10(14)12-6-9-7-13(8-2-3-8)11(15)18-9/h8-9H,2-7H2,1H3,(H,12,14). The third-order valence-corrected chi connectivity index (χ3v) is 4.06. The molecule has 108 valence electrons. The van der Waals surface area contributed by atoms with Gasteiger partial charge in [-0.15, -0.1) is 0 Å². The molecule has 1 unspecified atom stereocenters. The van der Waals surface area contributed by atoms with Crippen molar-refractivity contribution < 1.29 is 22.7 Å². The van der Waals surface area contributed by atoms with E-state index in [1.165, 1.54) is 0 Å². The average Bonchev–Trinajstić information content (AvgIpc) is 3.07. The van der Waals surface area contributed by atoms with E-state index >= 15 is 0 Å². The number of hydrogen-bond donors (Lipinski definition) is 1. The summed E-state index contributed by atoms with van der Waals surface area (Å²) in [4.78, 5) is 24.6. The van der Waals surface area contributed by atoms with Crippen LogP contribution in [0.5, 0.6) is 0 Å². The summed E-state index contributed by atoms with van der Waals surface area (Å²) in [5.41, 5.74) is 0. The lowest BCUT2D eigenvalue weighted by Gasteiger charge is -2.11. The summed E-state index contributed by atoms with van der Waals surface area (Å²) >= 11 is 0. The Balaban J connectivity index is 1.68. The monoisotopic (exact) mass is 290 g/mol. The van der Waals surface area contributed by atoms with Crippen molar-refractivity contribution in [3.63, 3.8) is 0 Å². The van der Waals surface area contributed by atoms with E-state index in [1.54, 1.807) is 4.90 Å².